The van der Waals surface area contributed by atoms with E-state index in [1.165, 1.54) is 5.56 Å². The van der Waals surface area contributed by atoms with Crippen molar-refractivity contribution in [3.63, 3.8) is 0 Å². The summed E-state index contributed by atoms with van der Waals surface area (Å²) in [6, 6.07) is 14.0. The number of fused-ring (bicyclic) bond motifs is 1. The van der Waals surface area contributed by atoms with Crippen LogP contribution in [0, 0.1) is 6.92 Å². The van der Waals surface area contributed by atoms with Gasteiger partial charge in [-0.1, -0.05) is 12.1 Å². The van der Waals surface area contributed by atoms with Crippen LogP contribution in [0.25, 0.3) is 22.2 Å². The molecule has 0 aliphatic carbocycles. The van der Waals surface area contributed by atoms with Gasteiger partial charge in [0.05, 0.1) is 11.2 Å². The second kappa shape index (κ2) is 4.11. The van der Waals surface area contributed by atoms with Gasteiger partial charge in [0.15, 0.2) is 0 Å². The summed E-state index contributed by atoms with van der Waals surface area (Å²) in [5, 5.41) is 1.08. The number of rotatable bonds is 1. The topological polar surface area (TPSA) is 51.8 Å². The first-order valence-electron chi connectivity index (χ1n) is 5.82. The maximum atomic E-state index is 5.71. The lowest BCUT2D eigenvalue weighted by Crippen LogP contribution is -1.90. The van der Waals surface area contributed by atoms with Gasteiger partial charge in [-0.3, -0.25) is 4.98 Å². The van der Waals surface area contributed by atoms with E-state index in [4.69, 9.17) is 5.73 Å². The lowest BCUT2D eigenvalue weighted by molar-refractivity contribution is 1.29. The minimum Gasteiger partial charge on any atom is -0.384 e. The van der Waals surface area contributed by atoms with Gasteiger partial charge >= 0.3 is 0 Å². The third-order valence-corrected chi connectivity index (χ3v) is 2.92. The fourth-order valence-electron chi connectivity index (χ4n) is 1.99. The summed E-state index contributed by atoms with van der Waals surface area (Å²) in [6.45, 7) is 2.06. The third-order valence-electron chi connectivity index (χ3n) is 2.92. The molecule has 0 saturated heterocycles. The molecule has 3 heteroatoms. The Morgan fingerprint density at radius 1 is 1.00 bits per heavy atom. The summed E-state index contributed by atoms with van der Waals surface area (Å²) in [5.74, 6) is 0.539. The summed E-state index contributed by atoms with van der Waals surface area (Å²) < 4.78 is 0. The molecule has 0 atom stereocenters. The molecule has 0 aliphatic heterocycles. The number of nitrogens with two attached hydrogens (primary N) is 1. The molecule has 18 heavy (non-hydrogen) atoms. The van der Waals surface area contributed by atoms with Crippen molar-refractivity contribution in [1.82, 2.24) is 9.97 Å². The van der Waals surface area contributed by atoms with Gasteiger partial charge in [-0.15, -0.1) is 0 Å². The van der Waals surface area contributed by atoms with Crippen molar-refractivity contribution >= 4 is 16.7 Å². The molecule has 88 valence electrons. The molecule has 0 radical (unpaired) electrons. The Balaban J connectivity index is 2.18. The van der Waals surface area contributed by atoms with E-state index < -0.39 is 0 Å². The predicted molar refractivity (Wildman–Crippen MR) is 74.1 cm³/mol. The van der Waals surface area contributed by atoms with Crippen molar-refractivity contribution in [2.75, 3.05) is 5.73 Å². The van der Waals surface area contributed by atoms with Crippen molar-refractivity contribution in [3.8, 4) is 11.3 Å². The molecule has 0 spiro atoms. The number of anilines is 1. The second-order valence-corrected chi connectivity index (χ2v) is 4.36. The van der Waals surface area contributed by atoms with Crippen LogP contribution in [0.4, 0.5) is 5.82 Å². The van der Waals surface area contributed by atoms with Gasteiger partial charge in [0.2, 0.25) is 0 Å². The third kappa shape index (κ3) is 1.91. The number of hydrogen-bond acceptors (Lipinski definition) is 3. The SMILES string of the molecule is Cc1ccnc(-c2ccc3ccc(N)nc3c2)c1. The van der Waals surface area contributed by atoms with Crippen LogP contribution in [0.3, 0.4) is 0 Å². The maximum Gasteiger partial charge on any atom is 0.124 e. The lowest BCUT2D eigenvalue weighted by atomic mass is 10.1. The fraction of sp³-hybridized carbons (Fsp3) is 0.0667. The number of aryl methyl sites for hydroxylation is 1. The Morgan fingerprint density at radius 2 is 1.83 bits per heavy atom. The molecule has 0 unspecified atom stereocenters. The van der Waals surface area contributed by atoms with E-state index >= 15 is 0 Å². The van der Waals surface area contributed by atoms with E-state index in [1.807, 2.05) is 36.5 Å². The lowest BCUT2D eigenvalue weighted by Gasteiger charge is -2.04. The fourth-order valence-corrected chi connectivity index (χ4v) is 1.99. The summed E-state index contributed by atoms with van der Waals surface area (Å²) in [5.41, 5.74) is 9.82. The van der Waals surface area contributed by atoms with Crippen molar-refractivity contribution in [2.45, 2.75) is 6.92 Å². The van der Waals surface area contributed by atoms with Crippen LogP contribution in [0.5, 0.6) is 0 Å². The summed E-state index contributed by atoms with van der Waals surface area (Å²) in [6.07, 6.45) is 1.82. The zero-order chi connectivity index (χ0) is 12.5. The summed E-state index contributed by atoms with van der Waals surface area (Å²) in [4.78, 5) is 8.71. The van der Waals surface area contributed by atoms with E-state index in [9.17, 15) is 0 Å². The average molecular weight is 235 g/mol. The first-order chi connectivity index (χ1) is 8.72. The van der Waals surface area contributed by atoms with Crippen molar-refractivity contribution in [1.29, 1.82) is 0 Å². The van der Waals surface area contributed by atoms with Crippen LogP contribution < -0.4 is 5.73 Å². The van der Waals surface area contributed by atoms with E-state index in [0.717, 1.165) is 22.2 Å². The molecule has 0 amide bonds. The maximum absolute atomic E-state index is 5.71. The van der Waals surface area contributed by atoms with Gasteiger partial charge in [0, 0.05) is 17.1 Å². The number of nitrogen functional groups attached to an aromatic ring is 1. The van der Waals surface area contributed by atoms with Gasteiger partial charge in [-0.25, -0.2) is 4.98 Å². The molecular formula is C15H13N3. The molecule has 0 aliphatic rings. The van der Waals surface area contributed by atoms with Crippen LogP contribution in [0.15, 0.2) is 48.7 Å². The molecule has 0 fully saturated rings. The minimum absolute atomic E-state index is 0.539. The Morgan fingerprint density at radius 3 is 2.67 bits per heavy atom. The number of hydrogen-bond donors (Lipinski definition) is 1. The van der Waals surface area contributed by atoms with Crippen molar-refractivity contribution in [3.05, 3.63) is 54.2 Å². The second-order valence-electron chi connectivity index (χ2n) is 4.36. The number of nitrogens with zero attached hydrogens (tertiary/aromatic N) is 2. The molecule has 1 aromatic carbocycles. The van der Waals surface area contributed by atoms with E-state index in [2.05, 4.69) is 29.0 Å². The van der Waals surface area contributed by atoms with Gasteiger partial charge < -0.3 is 5.73 Å². The zero-order valence-corrected chi connectivity index (χ0v) is 10.1. The Bertz CT molecular complexity index is 720. The predicted octanol–water partition coefficient (Wildman–Crippen LogP) is 3.19. The summed E-state index contributed by atoms with van der Waals surface area (Å²) in [7, 11) is 0. The largest absolute Gasteiger partial charge is 0.384 e. The van der Waals surface area contributed by atoms with Gasteiger partial charge in [-0.05, 0) is 42.8 Å². The standard InChI is InChI=1S/C15H13N3/c1-10-6-7-17-13(8-10)12-3-2-11-4-5-15(16)18-14(11)9-12/h2-9H,1H3,(H2,16,18). The Kier molecular flexibility index (Phi) is 2.45. The molecule has 2 heterocycles. The van der Waals surface area contributed by atoms with E-state index in [-0.39, 0.29) is 0 Å². The summed E-state index contributed by atoms with van der Waals surface area (Å²) >= 11 is 0. The van der Waals surface area contributed by atoms with Gasteiger partial charge in [0.25, 0.3) is 0 Å². The van der Waals surface area contributed by atoms with Crippen molar-refractivity contribution < 1.29 is 0 Å². The molecular weight excluding hydrogens is 222 g/mol. The van der Waals surface area contributed by atoms with E-state index in [0.29, 0.717) is 5.82 Å². The highest BCUT2D eigenvalue weighted by Crippen LogP contribution is 2.23. The normalized spacial score (nSPS) is 10.7. The van der Waals surface area contributed by atoms with Crippen LogP contribution >= 0.6 is 0 Å². The highest BCUT2D eigenvalue weighted by atomic mass is 14.8. The molecule has 3 nitrogen and oxygen atoms in total. The first-order valence-corrected chi connectivity index (χ1v) is 5.82. The quantitative estimate of drug-likeness (QED) is 0.704. The van der Waals surface area contributed by atoms with Crippen LogP contribution in [0.1, 0.15) is 5.56 Å². The zero-order valence-electron chi connectivity index (χ0n) is 10.1. The number of aromatic nitrogens is 2. The van der Waals surface area contributed by atoms with Crippen LogP contribution in [0.2, 0.25) is 0 Å². The number of pyridine rings is 2. The molecule has 3 aromatic rings. The Hall–Kier alpha value is -2.42. The number of benzene rings is 1. The monoisotopic (exact) mass is 235 g/mol. The highest BCUT2D eigenvalue weighted by molar-refractivity contribution is 5.84. The van der Waals surface area contributed by atoms with Crippen LogP contribution in [-0.2, 0) is 0 Å². The molecule has 2 aromatic heterocycles. The smallest absolute Gasteiger partial charge is 0.124 e. The Labute approximate surface area is 105 Å². The molecule has 0 saturated carbocycles. The minimum atomic E-state index is 0.539. The van der Waals surface area contributed by atoms with E-state index in [1.54, 1.807) is 0 Å². The van der Waals surface area contributed by atoms with Gasteiger partial charge in [-0.2, -0.15) is 0 Å². The molecule has 3 rings (SSSR count). The van der Waals surface area contributed by atoms with Crippen LogP contribution in [-0.4, -0.2) is 9.97 Å². The molecule has 0 bridgehead atoms. The molecule has 2 N–H and O–H groups in total. The van der Waals surface area contributed by atoms with Crippen molar-refractivity contribution in [2.24, 2.45) is 0 Å². The first kappa shape index (κ1) is 10.7. The highest BCUT2D eigenvalue weighted by Gasteiger charge is 2.02. The van der Waals surface area contributed by atoms with Gasteiger partial charge in [0.1, 0.15) is 5.82 Å². The average Bonchev–Trinajstić information content (AvgIpc) is 2.38.